The zero-order valence-corrected chi connectivity index (χ0v) is 12.1. The van der Waals surface area contributed by atoms with E-state index in [0.717, 1.165) is 17.3 Å². The lowest BCUT2D eigenvalue weighted by Gasteiger charge is -2.18. The molecule has 1 unspecified atom stereocenters. The molecule has 0 bridgehead atoms. The normalized spacial score (nSPS) is 16.8. The molecule has 0 saturated heterocycles. The van der Waals surface area contributed by atoms with E-state index >= 15 is 0 Å². The van der Waals surface area contributed by atoms with E-state index in [2.05, 4.69) is 28.1 Å². The van der Waals surface area contributed by atoms with E-state index in [1.807, 2.05) is 12.3 Å². The predicted molar refractivity (Wildman–Crippen MR) is 73.6 cm³/mol. The molecule has 0 aliphatic heterocycles. The Hall–Kier alpha value is -0.480. The van der Waals surface area contributed by atoms with Gasteiger partial charge in [0.05, 0.1) is 6.42 Å². The van der Waals surface area contributed by atoms with Crippen LogP contribution in [0.1, 0.15) is 30.7 Å². The van der Waals surface area contributed by atoms with Gasteiger partial charge in [-0.2, -0.15) is 0 Å². The molecule has 1 N–H and O–H groups in total. The lowest BCUT2D eigenvalue weighted by molar-refractivity contribution is -0.137. The van der Waals surface area contributed by atoms with E-state index in [-0.39, 0.29) is 12.3 Å². The van der Waals surface area contributed by atoms with E-state index in [1.54, 1.807) is 11.8 Å². The maximum atomic E-state index is 11.0. The highest BCUT2D eigenvalue weighted by Crippen LogP contribution is 2.47. The molecule has 1 saturated carbocycles. The van der Waals surface area contributed by atoms with Gasteiger partial charge in [0.2, 0.25) is 0 Å². The van der Waals surface area contributed by atoms with Crippen molar-refractivity contribution in [2.45, 2.75) is 30.1 Å². The highest BCUT2D eigenvalue weighted by Gasteiger charge is 2.34. The first kappa shape index (κ1) is 13.0. The summed E-state index contributed by atoms with van der Waals surface area (Å²) in [5.74, 6) is 0.0349. The highest BCUT2D eigenvalue weighted by molar-refractivity contribution is 9.10. The fourth-order valence-corrected chi connectivity index (χ4v) is 3.24. The summed E-state index contributed by atoms with van der Waals surface area (Å²) < 4.78 is 1.03. The van der Waals surface area contributed by atoms with Gasteiger partial charge in [0.25, 0.3) is 0 Å². The molecule has 0 radical (unpaired) electrons. The van der Waals surface area contributed by atoms with Crippen LogP contribution in [0.3, 0.4) is 0 Å². The largest absolute Gasteiger partial charge is 0.481 e. The molecule has 1 atom stereocenters. The Labute approximate surface area is 114 Å². The number of halogens is 1. The Bertz CT molecular complexity index is 429. The molecule has 1 aliphatic carbocycles. The van der Waals surface area contributed by atoms with Gasteiger partial charge in [0, 0.05) is 9.37 Å². The van der Waals surface area contributed by atoms with Crippen molar-refractivity contribution in [3.05, 3.63) is 28.2 Å². The molecule has 0 aromatic heterocycles. The fraction of sp³-hybridized carbons (Fsp3) is 0.462. The van der Waals surface area contributed by atoms with E-state index in [4.69, 9.17) is 5.11 Å². The molecule has 0 amide bonds. The van der Waals surface area contributed by atoms with Crippen LogP contribution in [0.25, 0.3) is 0 Å². The summed E-state index contributed by atoms with van der Waals surface area (Å²) in [4.78, 5) is 12.2. The van der Waals surface area contributed by atoms with Gasteiger partial charge in [-0.25, -0.2) is 0 Å². The Balaban J connectivity index is 2.33. The van der Waals surface area contributed by atoms with Crippen molar-refractivity contribution in [1.82, 2.24) is 0 Å². The third-order valence-electron chi connectivity index (χ3n) is 3.18. The molecular formula is C13H15BrO2S. The molecule has 92 valence electrons. The fourth-order valence-electron chi connectivity index (χ4n) is 2.21. The van der Waals surface area contributed by atoms with Crippen molar-refractivity contribution in [3.63, 3.8) is 0 Å². The predicted octanol–water partition coefficient (Wildman–Crippen LogP) is 4.14. The van der Waals surface area contributed by atoms with Gasteiger partial charge in [-0.15, -0.1) is 11.8 Å². The minimum atomic E-state index is -0.700. The van der Waals surface area contributed by atoms with E-state index in [1.165, 1.54) is 10.5 Å². The molecular weight excluding hydrogens is 300 g/mol. The Morgan fingerprint density at radius 2 is 2.29 bits per heavy atom. The number of carbonyl (C=O) groups is 1. The second-order valence-corrected chi connectivity index (χ2v) is 6.19. The van der Waals surface area contributed by atoms with Gasteiger partial charge in [-0.3, -0.25) is 4.79 Å². The minimum Gasteiger partial charge on any atom is -0.481 e. The van der Waals surface area contributed by atoms with Gasteiger partial charge >= 0.3 is 5.97 Å². The van der Waals surface area contributed by atoms with Crippen LogP contribution in [0.15, 0.2) is 27.6 Å². The Kier molecular flexibility index (Phi) is 4.15. The Morgan fingerprint density at radius 1 is 1.59 bits per heavy atom. The molecule has 0 heterocycles. The third kappa shape index (κ3) is 3.26. The third-order valence-corrected chi connectivity index (χ3v) is 4.48. The molecule has 2 nitrogen and oxygen atoms in total. The number of benzene rings is 1. The Morgan fingerprint density at radius 3 is 2.82 bits per heavy atom. The SMILES string of the molecule is CSc1ccc(Br)cc1C(CC(=O)O)C1CC1. The van der Waals surface area contributed by atoms with Crippen LogP contribution in [0.5, 0.6) is 0 Å². The summed E-state index contributed by atoms with van der Waals surface area (Å²) in [7, 11) is 0. The average molecular weight is 315 g/mol. The summed E-state index contributed by atoms with van der Waals surface area (Å²) >= 11 is 5.16. The average Bonchev–Trinajstić information content (AvgIpc) is 3.09. The lowest BCUT2D eigenvalue weighted by atomic mass is 9.91. The van der Waals surface area contributed by atoms with E-state index in [0.29, 0.717) is 5.92 Å². The van der Waals surface area contributed by atoms with Crippen molar-refractivity contribution < 1.29 is 9.90 Å². The van der Waals surface area contributed by atoms with Crippen molar-refractivity contribution >= 4 is 33.7 Å². The summed E-state index contributed by atoms with van der Waals surface area (Å²) in [5.41, 5.74) is 1.19. The summed E-state index contributed by atoms with van der Waals surface area (Å²) in [6, 6.07) is 6.17. The van der Waals surface area contributed by atoms with Crippen LogP contribution in [0.2, 0.25) is 0 Å². The first-order valence-electron chi connectivity index (χ1n) is 5.67. The monoisotopic (exact) mass is 314 g/mol. The second kappa shape index (κ2) is 5.44. The van der Waals surface area contributed by atoms with Crippen molar-refractivity contribution in [1.29, 1.82) is 0 Å². The molecule has 1 fully saturated rings. The van der Waals surface area contributed by atoms with E-state index in [9.17, 15) is 4.79 Å². The molecule has 4 heteroatoms. The number of hydrogen-bond donors (Lipinski definition) is 1. The van der Waals surface area contributed by atoms with Crippen LogP contribution in [0, 0.1) is 5.92 Å². The van der Waals surface area contributed by atoms with Crippen molar-refractivity contribution in [2.24, 2.45) is 5.92 Å². The van der Waals surface area contributed by atoms with Crippen molar-refractivity contribution in [2.75, 3.05) is 6.26 Å². The summed E-state index contributed by atoms with van der Waals surface area (Å²) in [6.45, 7) is 0. The number of carboxylic acids is 1. The van der Waals surface area contributed by atoms with Crippen LogP contribution in [-0.4, -0.2) is 17.3 Å². The number of aliphatic carboxylic acids is 1. The van der Waals surface area contributed by atoms with Crippen LogP contribution >= 0.6 is 27.7 Å². The van der Waals surface area contributed by atoms with E-state index < -0.39 is 5.97 Å². The van der Waals surface area contributed by atoms with Crippen molar-refractivity contribution in [3.8, 4) is 0 Å². The molecule has 1 aromatic rings. The lowest BCUT2D eigenvalue weighted by Crippen LogP contribution is -2.09. The molecule has 0 spiro atoms. The zero-order valence-electron chi connectivity index (χ0n) is 9.65. The topological polar surface area (TPSA) is 37.3 Å². The standard InChI is InChI=1S/C13H15BrO2S/c1-17-12-5-4-9(14)6-11(12)10(7-13(15)16)8-2-3-8/h4-6,8,10H,2-3,7H2,1H3,(H,15,16). The molecule has 17 heavy (non-hydrogen) atoms. The van der Waals surface area contributed by atoms with Crippen LogP contribution < -0.4 is 0 Å². The van der Waals surface area contributed by atoms with Crippen LogP contribution in [0.4, 0.5) is 0 Å². The van der Waals surface area contributed by atoms with Gasteiger partial charge in [-0.1, -0.05) is 15.9 Å². The number of hydrogen-bond acceptors (Lipinski definition) is 2. The van der Waals surface area contributed by atoms with Gasteiger partial charge in [-0.05, 0) is 54.7 Å². The van der Waals surface area contributed by atoms with Gasteiger partial charge < -0.3 is 5.11 Å². The van der Waals surface area contributed by atoms with Gasteiger partial charge in [0.1, 0.15) is 0 Å². The van der Waals surface area contributed by atoms with Crippen LogP contribution in [-0.2, 0) is 4.79 Å². The maximum Gasteiger partial charge on any atom is 0.303 e. The molecule has 2 rings (SSSR count). The smallest absolute Gasteiger partial charge is 0.303 e. The minimum absolute atomic E-state index is 0.174. The first-order chi connectivity index (χ1) is 8.11. The quantitative estimate of drug-likeness (QED) is 0.830. The maximum absolute atomic E-state index is 11.0. The second-order valence-electron chi connectivity index (χ2n) is 4.43. The highest BCUT2D eigenvalue weighted by atomic mass is 79.9. The number of carboxylic acid groups (broad SMARTS) is 1. The first-order valence-corrected chi connectivity index (χ1v) is 7.69. The zero-order chi connectivity index (χ0) is 12.4. The molecule has 1 aliphatic rings. The molecule has 1 aromatic carbocycles. The number of thioether (sulfide) groups is 1. The summed E-state index contributed by atoms with van der Waals surface area (Å²) in [5, 5.41) is 9.04. The van der Waals surface area contributed by atoms with Gasteiger partial charge in [0.15, 0.2) is 0 Å². The number of rotatable bonds is 5. The summed E-state index contributed by atoms with van der Waals surface area (Å²) in [6.07, 6.45) is 4.61.